The second-order valence-corrected chi connectivity index (χ2v) is 6.35. The molecule has 4 rings (SSSR count). The highest BCUT2D eigenvalue weighted by Crippen LogP contribution is 2.18. The van der Waals surface area contributed by atoms with Crippen molar-refractivity contribution in [2.45, 2.75) is 39.1 Å². The number of nitrogens with zero attached hydrogens (tertiary/aromatic N) is 6. The lowest BCUT2D eigenvalue weighted by atomic mass is 10.2. The number of fused-ring (bicyclic) bond motifs is 2. The van der Waals surface area contributed by atoms with Crippen molar-refractivity contribution < 1.29 is 9.90 Å². The second kappa shape index (κ2) is 6.29. The SMILES string of the molecule is CC(O)c1cc2n(n1)CCCN(C(=O)Cn1nc3ccccc3n1)C2. The molecule has 1 amide bonds. The number of aromatic nitrogens is 5. The lowest BCUT2D eigenvalue weighted by Gasteiger charge is -2.19. The van der Waals surface area contributed by atoms with Gasteiger partial charge in [-0.05, 0) is 31.5 Å². The first-order valence-electron chi connectivity index (χ1n) is 8.42. The van der Waals surface area contributed by atoms with Crippen molar-refractivity contribution in [3.63, 3.8) is 0 Å². The quantitative estimate of drug-likeness (QED) is 0.772. The first kappa shape index (κ1) is 15.8. The molecule has 2 aromatic heterocycles. The van der Waals surface area contributed by atoms with Crippen molar-refractivity contribution >= 4 is 16.9 Å². The van der Waals surface area contributed by atoms with Gasteiger partial charge in [-0.3, -0.25) is 9.48 Å². The van der Waals surface area contributed by atoms with Gasteiger partial charge in [0.25, 0.3) is 0 Å². The predicted molar refractivity (Wildman–Crippen MR) is 90.4 cm³/mol. The van der Waals surface area contributed by atoms with E-state index in [4.69, 9.17) is 0 Å². The van der Waals surface area contributed by atoms with Crippen LogP contribution in [0.3, 0.4) is 0 Å². The highest BCUT2D eigenvalue weighted by molar-refractivity contribution is 5.77. The number of carbonyl (C=O) groups excluding carboxylic acids is 1. The molecule has 0 spiro atoms. The van der Waals surface area contributed by atoms with E-state index < -0.39 is 6.10 Å². The van der Waals surface area contributed by atoms with E-state index in [9.17, 15) is 9.90 Å². The van der Waals surface area contributed by atoms with Gasteiger partial charge in [-0.2, -0.15) is 20.1 Å². The smallest absolute Gasteiger partial charge is 0.246 e. The van der Waals surface area contributed by atoms with Crippen LogP contribution in [0.25, 0.3) is 11.0 Å². The second-order valence-electron chi connectivity index (χ2n) is 6.35. The van der Waals surface area contributed by atoms with E-state index in [2.05, 4.69) is 15.3 Å². The van der Waals surface area contributed by atoms with Gasteiger partial charge in [-0.15, -0.1) is 0 Å². The minimum atomic E-state index is -0.607. The third-order valence-corrected chi connectivity index (χ3v) is 4.42. The molecule has 0 saturated carbocycles. The van der Waals surface area contributed by atoms with Gasteiger partial charge in [-0.1, -0.05) is 12.1 Å². The van der Waals surface area contributed by atoms with E-state index in [1.807, 2.05) is 35.0 Å². The molecule has 1 unspecified atom stereocenters. The Balaban J connectivity index is 1.51. The minimum Gasteiger partial charge on any atom is -0.387 e. The van der Waals surface area contributed by atoms with E-state index in [1.54, 1.807) is 11.8 Å². The van der Waals surface area contributed by atoms with E-state index in [1.165, 1.54) is 4.80 Å². The van der Waals surface area contributed by atoms with Crippen molar-refractivity contribution in [2.75, 3.05) is 6.54 Å². The number of hydrogen-bond acceptors (Lipinski definition) is 5. The number of hydrogen-bond donors (Lipinski definition) is 1. The molecule has 1 aromatic carbocycles. The number of benzene rings is 1. The van der Waals surface area contributed by atoms with Gasteiger partial charge in [0.1, 0.15) is 17.6 Å². The van der Waals surface area contributed by atoms with Crippen LogP contribution in [-0.4, -0.2) is 47.2 Å². The Hall–Kier alpha value is -2.74. The lowest BCUT2D eigenvalue weighted by molar-refractivity contribution is -0.132. The van der Waals surface area contributed by atoms with Gasteiger partial charge in [-0.25, -0.2) is 0 Å². The number of aliphatic hydroxyl groups excluding tert-OH is 1. The standard InChI is InChI=1S/C17H20N6O2/c1-12(24)16-9-13-10-21(7-4-8-22(13)18-16)17(25)11-23-19-14-5-2-3-6-15(14)20-23/h2-3,5-6,9,12,24H,4,7-8,10-11H2,1H3. The Morgan fingerprint density at radius 3 is 2.60 bits per heavy atom. The number of carbonyl (C=O) groups is 1. The normalized spacial score (nSPS) is 15.8. The van der Waals surface area contributed by atoms with Gasteiger partial charge in [0.2, 0.25) is 5.91 Å². The zero-order valence-corrected chi connectivity index (χ0v) is 14.0. The van der Waals surface area contributed by atoms with Gasteiger partial charge in [0, 0.05) is 13.1 Å². The minimum absolute atomic E-state index is 0.0199. The highest BCUT2D eigenvalue weighted by atomic mass is 16.3. The maximum atomic E-state index is 12.7. The highest BCUT2D eigenvalue weighted by Gasteiger charge is 2.22. The van der Waals surface area contributed by atoms with Gasteiger partial charge < -0.3 is 10.0 Å². The monoisotopic (exact) mass is 340 g/mol. The number of amides is 1. The summed E-state index contributed by atoms with van der Waals surface area (Å²) in [6.07, 6.45) is 0.220. The molecule has 0 bridgehead atoms. The molecule has 0 fully saturated rings. The fourth-order valence-electron chi connectivity index (χ4n) is 3.10. The molecule has 130 valence electrons. The molecule has 0 radical (unpaired) electrons. The predicted octanol–water partition coefficient (Wildman–Crippen LogP) is 1.11. The topological polar surface area (TPSA) is 89.1 Å². The maximum Gasteiger partial charge on any atom is 0.246 e. The molecule has 1 atom stereocenters. The van der Waals surface area contributed by atoms with Crippen molar-refractivity contribution in [1.82, 2.24) is 29.7 Å². The van der Waals surface area contributed by atoms with Crippen LogP contribution in [0.1, 0.15) is 30.8 Å². The van der Waals surface area contributed by atoms with Gasteiger partial charge in [0.05, 0.1) is 24.0 Å². The average Bonchev–Trinajstić information content (AvgIpc) is 3.12. The maximum absolute atomic E-state index is 12.7. The molecular formula is C17H20N6O2. The zero-order chi connectivity index (χ0) is 17.4. The molecule has 1 N–H and O–H groups in total. The summed E-state index contributed by atoms with van der Waals surface area (Å²) in [5.74, 6) is -0.0199. The van der Waals surface area contributed by atoms with Crippen molar-refractivity contribution in [2.24, 2.45) is 0 Å². The van der Waals surface area contributed by atoms with Crippen molar-refractivity contribution in [3.8, 4) is 0 Å². The van der Waals surface area contributed by atoms with Crippen LogP contribution in [0.2, 0.25) is 0 Å². The molecule has 1 aliphatic rings. The molecule has 3 aromatic rings. The largest absolute Gasteiger partial charge is 0.387 e. The molecule has 8 heteroatoms. The summed E-state index contributed by atoms with van der Waals surface area (Å²) < 4.78 is 1.88. The van der Waals surface area contributed by atoms with Crippen molar-refractivity contribution in [3.05, 3.63) is 41.7 Å². The lowest BCUT2D eigenvalue weighted by Crippen LogP contribution is -2.34. The number of aryl methyl sites for hydroxylation is 1. The number of aliphatic hydroxyl groups is 1. The van der Waals surface area contributed by atoms with Crippen LogP contribution >= 0.6 is 0 Å². The zero-order valence-electron chi connectivity index (χ0n) is 14.0. The molecule has 0 aliphatic carbocycles. The number of rotatable bonds is 3. The van der Waals surface area contributed by atoms with E-state index in [0.29, 0.717) is 18.8 Å². The third kappa shape index (κ3) is 3.12. The van der Waals surface area contributed by atoms with Gasteiger partial charge in [0.15, 0.2) is 0 Å². The summed E-state index contributed by atoms with van der Waals surface area (Å²) in [5, 5.41) is 22.8. The van der Waals surface area contributed by atoms with E-state index >= 15 is 0 Å². The van der Waals surface area contributed by atoms with E-state index in [0.717, 1.165) is 29.7 Å². The van der Waals surface area contributed by atoms with E-state index in [-0.39, 0.29) is 12.5 Å². The fourth-order valence-corrected chi connectivity index (χ4v) is 3.10. The molecule has 3 heterocycles. The first-order valence-corrected chi connectivity index (χ1v) is 8.42. The summed E-state index contributed by atoms with van der Waals surface area (Å²) >= 11 is 0. The summed E-state index contributed by atoms with van der Waals surface area (Å²) in [5.41, 5.74) is 3.15. The molecule has 0 saturated heterocycles. The summed E-state index contributed by atoms with van der Waals surface area (Å²) in [4.78, 5) is 16.0. The van der Waals surface area contributed by atoms with Crippen LogP contribution in [-0.2, 0) is 24.4 Å². The van der Waals surface area contributed by atoms with Crippen LogP contribution in [0.4, 0.5) is 0 Å². The third-order valence-electron chi connectivity index (χ3n) is 4.42. The average molecular weight is 340 g/mol. The van der Waals surface area contributed by atoms with Crippen LogP contribution in [0.5, 0.6) is 0 Å². The van der Waals surface area contributed by atoms with Crippen LogP contribution in [0, 0.1) is 0 Å². The summed E-state index contributed by atoms with van der Waals surface area (Å²) in [6, 6.07) is 9.44. The van der Waals surface area contributed by atoms with Crippen LogP contribution in [0.15, 0.2) is 30.3 Å². The Kier molecular flexibility index (Phi) is 3.96. The molecule has 1 aliphatic heterocycles. The Morgan fingerprint density at radius 2 is 1.92 bits per heavy atom. The first-order chi connectivity index (χ1) is 12.1. The molecular weight excluding hydrogens is 320 g/mol. The molecule has 8 nitrogen and oxygen atoms in total. The fraction of sp³-hybridized carbons (Fsp3) is 0.412. The van der Waals surface area contributed by atoms with Crippen molar-refractivity contribution in [1.29, 1.82) is 0 Å². The Labute approximate surface area is 144 Å². The Bertz CT molecular complexity index is 880. The Morgan fingerprint density at radius 1 is 1.20 bits per heavy atom. The van der Waals surface area contributed by atoms with Gasteiger partial charge >= 0.3 is 0 Å². The summed E-state index contributed by atoms with van der Waals surface area (Å²) in [7, 11) is 0. The van der Waals surface area contributed by atoms with Crippen LogP contribution < -0.4 is 0 Å². The summed E-state index contributed by atoms with van der Waals surface area (Å²) in [6.45, 7) is 3.72. The molecule has 25 heavy (non-hydrogen) atoms.